The summed E-state index contributed by atoms with van der Waals surface area (Å²) in [7, 11) is -1.87. The quantitative estimate of drug-likeness (QED) is 0.347. The number of nitrogens with zero attached hydrogens (tertiary/aromatic N) is 1. The summed E-state index contributed by atoms with van der Waals surface area (Å²) in [6, 6.07) is 0. The molecular formula is C16H28N2O3Si. The number of hydrogen-bond acceptors (Lipinski definition) is 4. The van der Waals surface area contributed by atoms with Crippen LogP contribution in [0.4, 0.5) is 0 Å². The molecule has 0 bridgehead atoms. The normalized spacial score (nSPS) is 22.0. The van der Waals surface area contributed by atoms with E-state index in [1.807, 2.05) is 6.92 Å². The van der Waals surface area contributed by atoms with Gasteiger partial charge in [-0.25, -0.2) is 0 Å². The monoisotopic (exact) mass is 324 g/mol. The summed E-state index contributed by atoms with van der Waals surface area (Å²) in [5.41, 5.74) is -0.0133. The van der Waals surface area contributed by atoms with Crippen LogP contribution in [0, 0.1) is 10.1 Å². The maximum Gasteiger partial charge on any atom is 0.275 e. The summed E-state index contributed by atoms with van der Waals surface area (Å²) in [4.78, 5) is 11.0. The molecule has 1 aliphatic heterocycles. The van der Waals surface area contributed by atoms with Crippen molar-refractivity contribution in [2.45, 2.75) is 57.8 Å². The fourth-order valence-corrected chi connectivity index (χ4v) is 3.24. The molecule has 0 radical (unpaired) electrons. The van der Waals surface area contributed by atoms with Gasteiger partial charge in [-0.05, 0) is 42.9 Å². The van der Waals surface area contributed by atoms with Crippen LogP contribution in [0.2, 0.25) is 18.1 Å². The van der Waals surface area contributed by atoms with E-state index in [0.717, 1.165) is 5.57 Å². The first-order chi connectivity index (χ1) is 9.94. The summed E-state index contributed by atoms with van der Waals surface area (Å²) < 4.78 is 6.18. The number of nitro groups is 1. The minimum Gasteiger partial charge on any atom is -0.417 e. The zero-order valence-electron chi connectivity index (χ0n) is 14.5. The van der Waals surface area contributed by atoms with Gasteiger partial charge in [-0.3, -0.25) is 10.1 Å². The molecule has 0 aromatic carbocycles. The average Bonchev–Trinajstić information content (AvgIpc) is 2.37. The van der Waals surface area contributed by atoms with Crippen LogP contribution in [0.5, 0.6) is 0 Å². The molecule has 6 heteroatoms. The highest BCUT2D eigenvalue weighted by Gasteiger charge is 2.44. The molecular weight excluding hydrogens is 296 g/mol. The molecule has 1 aliphatic rings. The number of dihydropyridines is 1. The van der Waals surface area contributed by atoms with Gasteiger partial charge in [0.1, 0.15) is 0 Å². The van der Waals surface area contributed by atoms with Gasteiger partial charge in [0.25, 0.3) is 5.70 Å². The maximum atomic E-state index is 11.4. The van der Waals surface area contributed by atoms with Crippen LogP contribution in [0.3, 0.4) is 0 Å². The Morgan fingerprint density at radius 3 is 2.55 bits per heavy atom. The van der Waals surface area contributed by atoms with Gasteiger partial charge in [-0.1, -0.05) is 27.4 Å². The summed E-state index contributed by atoms with van der Waals surface area (Å²) in [5, 5.41) is 14.6. The fraction of sp³-hybridized carbons (Fsp3) is 0.625. The Bertz CT molecular complexity index is 518. The molecule has 0 saturated heterocycles. The van der Waals surface area contributed by atoms with Crippen LogP contribution in [0.25, 0.3) is 0 Å². The third-order valence-electron chi connectivity index (χ3n) is 4.79. The molecule has 0 aliphatic carbocycles. The summed E-state index contributed by atoms with van der Waals surface area (Å²) in [5.74, 6) is 0. The van der Waals surface area contributed by atoms with E-state index in [1.54, 1.807) is 12.3 Å². The molecule has 5 nitrogen and oxygen atoms in total. The second-order valence-corrected chi connectivity index (χ2v) is 12.2. The Kier molecular flexibility index (Phi) is 5.41. The molecule has 0 saturated carbocycles. The highest BCUT2D eigenvalue weighted by atomic mass is 28.4. The van der Waals surface area contributed by atoms with Crippen LogP contribution in [-0.4, -0.2) is 25.4 Å². The van der Waals surface area contributed by atoms with Crippen molar-refractivity contribution in [3.05, 3.63) is 46.3 Å². The van der Waals surface area contributed by atoms with Gasteiger partial charge in [0.15, 0.2) is 13.9 Å². The second-order valence-electron chi connectivity index (χ2n) is 7.36. The molecule has 1 N–H and O–H groups in total. The Balaban J connectivity index is 2.92. The van der Waals surface area contributed by atoms with E-state index in [4.69, 9.17) is 4.43 Å². The predicted molar refractivity (Wildman–Crippen MR) is 92.7 cm³/mol. The van der Waals surface area contributed by atoms with Gasteiger partial charge in [0.2, 0.25) is 0 Å². The minimum atomic E-state index is -1.87. The van der Waals surface area contributed by atoms with Crippen LogP contribution in [0.1, 0.15) is 34.1 Å². The maximum absolute atomic E-state index is 11.4. The average molecular weight is 324 g/mol. The minimum absolute atomic E-state index is 0.116. The molecule has 1 heterocycles. The topological polar surface area (TPSA) is 64.4 Å². The molecule has 0 amide bonds. The highest BCUT2D eigenvalue weighted by Crippen LogP contribution is 2.38. The van der Waals surface area contributed by atoms with Gasteiger partial charge in [-0.15, -0.1) is 0 Å². The van der Waals surface area contributed by atoms with Crippen molar-refractivity contribution >= 4 is 8.32 Å². The Hall–Kier alpha value is -1.40. The van der Waals surface area contributed by atoms with Crippen molar-refractivity contribution in [3.63, 3.8) is 0 Å². The van der Waals surface area contributed by atoms with Gasteiger partial charge in [0, 0.05) is 19.1 Å². The smallest absolute Gasteiger partial charge is 0.275 e. The number of hydrogen-bond donors (Lipinski definition) is 1. The standard InChI is InChI=1S/C16H28N2O3Si/c1-13(2)16(14(18(19)20)9-8-11-17-16)10-12-21-22(6,7)15(3,4)5/h8-9,11,17H,1,10,12H2,2-7H3. The van der Waals surface area contributed by atoms with E-state index in [0.29, 0.717) is 13.0 Å². The van der Waals surface area contributed by atoms with Gasteiger partial charge in [-0.2, -0.15) is 0 Å². The molecule has 124 valence electrons. The van der Waals surface area contributed by atoms with E-state index >= 15 is 0 Å². The summed E-state index contributed by atoms with van der Waals surface area (Å²) in [6.07, 6.45) is 5.41. The number of allylic oxidation sites excluding steroid dienone is 2. The zero-order valence-corrected chi connectivity index (χ0v) is 15.5. The van der Waals surface area contributed by atoms with Crippen LogP contribution >= 0.6 is 0 Å². The Morgan fingerprint density at radius 2 is 2.09 bits per heavy atom. The van der Waals surface area contributed by atoms with Gasteiger partial charge < -0.3 is 9.74 Å². The van der Waals surface area contributed by atoms with Crippen molar-refractivity contribution in [1.29, 1.82) is 0 Å². The van der Waals surface area contributed by atoms with Crippen molar-refractivity contribution in [2.24, 2.45) is 0 Å². The second kappa shape index (κ2) is 6.38. The van der Waals surface area contributed by atoms with Crippen LogP contribution in [0.15, 0.2) is 36.2 Å². The van der Waals surface area contributed by atoms with Gasteiger partial charge in [0.05, 0.1) is 4.92 Å². The van der Waals surface area contributed by atoms with Crippen LogP contribution < -0.4 is 5.32 Å². The third-order valence-corrected chi connectivity index (χ3v) is 9.33. The molecule has 1 atom stereocenters. The first-order valence-corrected chi connectivity index (χ1v) is 10.4. The SMILES string of the molecule is C=C(C)C1(CCO[Si](C)(C)C(C)(C)C)NC=CC=C1[N+](=O)[O-]. The van der Waals surface area contributed by atoms with Gasteiger partial charge >= 0.3 is 0 Å². The van der Waals surface area contributed by atoms with E-state index in [9.17, 15) is 10.1 Å². The zero-order chi connectivity index (χ0) is 17.2. The predicted octanol–water partition coefficient (Wildman–Crippen LogP) is 3.99. The Labute approximate surface area is 134 Å². The van der Waals surface area contributed by atoms with E-state index < -0.39 is 13.9 Å². The molecule has 1 rings (SSSR count). The summed E-state index contributed by atoms with van der Waals surface area (Å²) in [6.45, 7) is 17.1. The van der Waals surface area contributed by atoms with Crippen molar-refractivity contribution in [2.75, 3.05) is 6.61 Å². The molecule has 22 heavy (non-hydrogen) atoms. The van der Waals surface area contributed by atoms with Crippen molar-refractivity contribution < 1.29 is 9.35 Å². The largest absolute Gasteiger partial charge is 0.417 e. The first-order valence-electron chi connectivity index (χ1n) is 7.53. The first kappa shape index (κ1) is 18.6. The molecule has 0 fully saturated rings. The van der Waals surface area contributed by atoms with E-state index in [1.165, 1.54) is 6.08 Å². The lowest BCUT2D eigenvalue weighted by Gasteiger charge is -2.38. The Morgan fingerprint density at radius 1 is 1.50 bits per heavy atom. The van der Waals surface area contributed by atoms with Crippen molar-refractivity contribution in [1.82, 2.24) is 5.32 Å². The van der Waals surface area contributed by atoms with E-state index in [-0.39, 0.29) is 15.7 Å². The lowest BCUT2D eigenvalue weighted by Crippen LogP contribution is -2.50. The highest BCUT2D eigenvalue weighted by molar-refractivity contribution is 6.74. The summed E-state index contributed by atoms with van der Waals surface area (Å²) >= 11 is 0. The van der Waals surface area contributed by atoms with Crippen molar-refractivity contribution in [3.8, 4) is 0 Å². The molecule has 0 aromatic heterocycles. The molecule has 1 unspecified atom stereocenters. The lowest BCUT2D eigenvalue weighted by molar-refractivity contribution is -0.435. The lowest BCUT2D eigenvalue weighted by atomic mass is 9.83. The van der Waals surface area contributed by atoms with Crippen LogP contribution in [-0.2, 0) is 4.43 Å². The van der Waals surface area contributed by atoms with E-state index in [2.05, 4.69) is 45.8 Å². The molecule has 0 aromatic rings. The molecule has 0 spiro atoms. The fourth-order valence-electron chi connectivity index (χ4n) is 2.19. The number of nitrogens with one attached hydrogen (secondary N) is 1. The third kappa shape index (κ3) is 3.67. The number of rotatable bonds is 6.